The molecule has 1 unspecified atom stereocenters. The van der Waals surface area contributed by atoms with Crippen molar-refractivity contribution in [2.45, 2.75) is 130 Å². The SMILES string of the molecule is C=C(C)[C@@H](O)CC[C@](C)(O)[C@H]1CC[C@@]2(C)[C@H]1CC[C@@H]1[C@@]3(C)CC[C@H](O)C(C)(C)C3CC[C@]12C. The summed E-state index contributed by atoms with van der Waals surface area (Å²) < 4.78 is 0. The molecule has 3 N–H and O–H groups in total. The highest BCUT2D eigenvalue weighted by molar-refractivity contribution is 5.18. The van der Waals surface area contributed by atoms with Crippen molar-refractivity contribution in [1.82, 2.24) is 0 Å². The summed E-state index contributed by atoms with van der Waals surface area (Å²) in [4.78, 5) is 0. The Labute approximate surface area is 203 Å². The van der Waals surface area contributed by atoms with Crippen molar-refractivity contribution in [3.8, 4) is 0 Å². The van der Waals surface area contributed by atoms with Gasteiger partial charge in [-0.05, 0) is 123 Å². The van der Waals surface area contributed by atoms with Gasteiger partial charge in [-0.1, -0.05) is 46.8 Å². The van der Waals surface area contributed by atoms with Crippen LogP contribution in [0.1, 0.15) is 113 Å². The summed E-state index contributed by atoms with van der Waals surface area (Å²) >= 11 is 0. The third-order valence-electron chi connectivity index (χ3n) is 12.7. The maximum absolute atomic E-state index is 11.6. The smallest absolute Gasteiger partial charge is 0.0745 e. The van der Waals surface area contributed by atoms with Crippen LogP contribution in [0.3, 0.4) is 0 Å². The van der Waals surface area contributed by atoms with Crippen LogP contribution in [0.4, 0.5) is 0 Å². The Morgan fingerprint density at radius 1 is 0.939 bits per heavy atom. The molecular weight excluding hydrogens is 408 g/mol. The first kappa shape index (κ1) is 25.7. The highest BCUT2D eigenvalue weighted by Gasteiger charge is 2.69. The first-order valence-electron chi connectivity index (χ1n) is 13.8. The quantitative estimate of drug-likeness (QED) is 0.410. The summed E-state index contributed by atoms with van der Waals surface area (Å²) in [7, 11) is 0. The molecule has 3 nitrogen and oxygen atoms in total. The molecule has 3 heteroatoms. The zero-order chi connectivity index (χ0) is 24.6. The monoisotopic (exact) mass is 460 g/mol. The third kappa shape index (κ3) is 3.61. The summed E-state index contributed by atoms with van der Waals surface area (Å²) in [6, 6.07) is 0. The number of hydrogen-bond acceptors (Lipinski definition) is 3. The largest absolute Gasteiger partial charge is 0.393 e. The van der Waals surface area contributed by atoms with Gasteiger partial charge in [0.2, 0.25) is 0 Å². The molecule has 33 heavy (non-hydrogen) atoms. The van der Waals surface area contributed by atoms with E-state index >= 15 is 0 Å². The molecule has 4 aliphatic carbocycles. The lowest BCUT2D eigenvalue weighted by atomic mass is 9.35. The fourth-order valence-electron chi connectivity index (χ4n) is 10.3. The van der Waals surface area contributed by atoms with Gasteiger partial charge in [0.15, 0.2) is 0 Å². The minimum absolute atomic E-state index is 0.00190. The predicted molar refractivity (Wildman–Crippen MR) is 136 cm³/mol. The minimum atomic E-state index is -0.736. The van der Waals surface area contributed by atoms with Crippen LogP contribution in [-0.4, -0.2) is 33.1 Å². The van der Waals surface area contributed by atoms with E-state index in [-0.39, 0.29) is 16.9 Å². The summed E-state index contributed by atoms with van der Waals surface area (Å²) in [5.41, 5.74) is 0.905. The van der Waals surface area contributed by atoms with E-state index in [0.717, 1.165) is 24.8 Å². The number of fused-ring (bicyclic) bond motifs is 5. The van der Waals surface area contributed by atoms with Gasteiger partial charge in [-0.25, -0.2) is 0 Å². The molecular formula is C30H52O3. The Morgan fingerprint density at radius 3 is 2.21 bits per heavy atom. The van der Waals surface area contributed by atoms with Gasteiger partial charge in [-0.15, -0.1) is 0 Å². The summed E-state index contributed by atoms with van der Waals surface area (Å²) in [6.07, 6.45) is 9.91. The molecule has 4 saturated carbocycles. The average Bonchev–Trinajstić information content (AvgIpc) is 3.08. The Kier molecular flexibility index (Phi) is 6.28. The standard InChI is InChI=1S/C30H52O3/c1-19(2)22(31)12-18-30(8,33)21-11-16-28(6)20(21)9-10-24-27(5)15-14-25(32)26(3,4)23(27)13-17-29(24,28)7/h20-25,31-33H,1,9-18H2,2-8H3/t20-,21-,22-,23?,24+,25-,27-,28-,29+,30-/m0/s1. The number of hydrogen-bond donors (Lipinski definition) is 3. The molecule has 4 fully saturated rings. The van der Waals surface area contributed by atoms with Gasteiger partial charge in [-0.2, -0.15) is 0 Å². The number of aliphatic hydroxyl groups excluding tert-OH is 2. The molecule has 0 heterocycles. The maximum atomic E-state index is 11.6. The predicted octanol–water partition coefficient (Wildman–Crippen LogP) is 6.50. The van der Waals surface area contributed by atoms with E-state index in [2.05, 4.69) is 41.2 Å². The van der Waals surface area contributed by atoms with E-state index in [0.29, 0.717) is 47.3 Å². The molecule has 0 amide bonds. The highest BCUT2D eigenvalue weighted by Crippen LogP contribution is 2.75. The van der Waals surface area contributed by atoms with Crippen LogP contribution in [0.2, 0.25) is 0 Å². The molecule has 10 atom stereocenters. The molecule has 0 bridgehead atoms. The second kappa shape index (κ2) is 8.07. The molecule has 0 aromatic carbocycles. The van der Waals surface area contributed by atoms with Crippen molar-refractivity contribution in [2.24, 2.45) is 45.3 Å². The van der Waals surface area contributed by atoms with Crippen molar-refractivity contribution >= 4 is 0 Å². The van der Waals surface area contributed by atoms with Crippen LogP contribution in [0.5, 0.6) is 0 Å². The van der Waals surface area contributed by atoms with Gasteiger partial charge in [0.05, 0.1) is 17.8 Å². The van der Waals surface area contributed by atoms with Crippen LogP contribution < -0.4 is 0 Å². The Balaban J connectivity index is 1.59. The number of aliphatic hydroxyl groups is 3. The Hall–Kier alpha value is -0.380. The molecule has 0 aromatic heterocycles. The van der Waals surface area contributed by atoms with Gasteiger partial charge in [0.1, 0.15) is 0 Å². The van der Waals surface area contributed by atoms with Crippen LogP contribution in [-0.2, 0) is 0 Å². The van der Waals surface area contributed by atoms with Gasteiger partial charge in [-0.3, -0.25) is 0 Å². The highest BCUT2D eigenvalue weighted by atomic mass is 16.3. The molecule has 0 aromatic rings. The van der Waals surface area contributed by atoms with Crippen molar-refractivity contribution in [3.63, 3.8) is 0 Å². The van der Waals surface area contributed by atoms with Gasteiger partial charge >= 0.3 is 0 Å². The number of rotatable bonds is 5. The molecule has 0 aliphatic heterocycles. The average molecular weight is 461 g/mol. The molecule has 190 valence electrons. The summed E-state index contributed by atoms with van der Waals surface area (Å²) in [5.74, 6) is 2.16. The first-order valence-corrected chi connectivity index (χ1v) is 13.8. The topological polar surface area (TPSA) is 60.7 Å². The van der Waals surface area contributed by atoms with E-state index in [1.54, 1.807) is 0 Å². The molecule has 4 rings (SSSR count). The van der Waals surface area contributed by atoms with E-state index < -0.39 is 11.7 Å². The summed E-state index contributed by atoms with van der Waals surface area (Å²) in [6.45, 7) is 20.2. The fourth-order valence-corrected chi connectivity index (χ4v) is 10.3. The lowest BCUT2D eigenvalue weighted by Crippen LogP contribution is -2.64. The molecule has 0 radical (unpaired) electrons. The van der Waals surface area contributed by atoms with Crippen LogP contribution in [0.25, 0.3) is 0 Å². The van der Waals surface area contributed by atoms with E-state index in [1.165, 1.54) is 32.1 Å². The van der Waals surface area contributed by atoms with E-state index in [1.807, 2.05) is 13.8 Å². The van der Waals surface area contributed by atoms with Gasteiger partial charge < -0.3 is 15.3 Å². The zero-order valence-electron chi connectivity index (χ0n) is 22.6. The molecule has 0 spiro atoms. The van der Waals surface area contributed by atoms with Crippen molar-refractivity contribution in [2.75, 3.05) is 0 Å². The van der Waals surface area contributed by atoms with Gasteiger partial charge in [0, 0.05) is 0 Å². The van der Waals surface area contributed by atoms with Crippen LogP contribution in [0.15, 0.2) is 12.2 Å². The Morgan fingerprint density at radius 2 is 1.58 bits per heavy atom. The second-order valence-corrected chi connectivity index (χ2v) is 14.4. The normalized spacial score (nSPS) is 49.3. The van der Waals surface area contributed by atoms with E-state index in [9.17, 15) is 15.3 Å². The zero-order valence-corrected chi connectivity index (χ0v) is 22.6. The lowest BCUT2D eigenvalue weighted by Gasteiger charge is -2.70. The molecule has 0 saturated heterocycles. The second-order valence-electron chi connectivity index (χ2n) is 14.4. The minimum Gasteiger partial charge on any atom is -0.393 e. The summed E-state index contributed by atoms with van der Waals surface area (Å²) in [5, 5.41) is 32.8. The van der Waals surface area contributed by atoms with E-state index in [4.69, 9.17) is 0 Å². The van der Waals surface area contributed by atoms with Crippen molar-refractivity contribution in [1.29, 1.82) is 0 Å². The fraction of sp³-hybridized carbons (Fsp3) is 0.933. The third-order valence-corrected chi connectivity index (χ3v) is 12.7. The lowest BCUT2D eigenvalue weighted by molar-refractivity contribution is -0.225. The van der Waals surface area contributed by atoms with Crippen molar-refractivity contribution < 1.29 is 15.3 Å². The van der Waals surface area contributed by atoms with Crippen molar-refractivity contribution in [3.05, 3.63) is 12.2 Å². The molecule has 4 aliphatic rings. The van der Waals surface area contributed by atoms with Gasteiger partial charge in [0.25, 0.3) is 0 Å². The first-order chi connectivity index (χ1) is 15.1. The van der Waals surface area contributed by atoms with Crippen LogP contribution >= 0.6 is 0 Å². The Bertz CT molecular complexity index is 771. The van der Waals surface area contributed by atoms with Crippen LogP contribution in [0, 0.1) is 45.3 Å². The maximum Gasteiger partial charge on any atom is 0.0745 e.